The van der Waals surface area contributed by atoms with Crippen molar-refractivity contribution in [3.8, 4) is 0 Å². The Labute approximate surface area is 217 Å². The van der Waals surface area contributed by atoms with Crippen molar-refractivity contribution in [2.45, 2.75) is 12.3 Å². The molecule has 2 aromatic heterocycles. The number of benzene rings is 2. The number of pyridine rings is 2. The maximum absolute atomic E-state index is 13.6. The summed E-state index contributed by atoms with van der Waals surface area (Å²) in [5, 5.41) is 5.46. The summed E-state index contributed by atoms with van der Waals surface area (Å²) in [6.45, 7) is 0. The Kier molecular flexibility index (Phi) is 8.31. The van der Waals surface area contributed by atoms with E-state index in [-0.39, 0.29) is 12.2 Å². The van der Waals surface area contributed by atoms with Crippen LogP contribution in [-0.2, 0) is 9.59 Å². The number of Topliss-reactive ketones (excluding diaryl/α,β-unsaturated/α-hetero) is 1. The van der Waals surface area contributed by atoms with E-state index in [4.69, 9.17) is 0 Å². The standard InChI is InChI=1S/C28H23BrN4O3/c29-21-14-12-19(13-15-21)22(18-23(34)20-8-2-1-3-9-20)26(27(35)32-24-10-4-6-16-30-24)28(36)33-25-11-5-7-17-31-25/h1-17,22,26H,18H2,(H,30,32,35)(H,31,33,36). The molecular weight excluding hydrogens is 520 g/mol. The van der Waals surface area contributed by atoms with Gasteiger partial charge in [-0.3, -0.25) is 14.4 Å². The van der Waals surface area contributed by atoms with Gasteiger partial charge in [0, 0.05) is 34.8 Å². The Bertz CT molecular complexity index is 1260. The Morgan fingerprint density at radius 2 is 1.22 bits per heavy atom. The third-order valence-corrected chi connectivity index (χ3v) is 6.13. The lowest BCUT2D eigenvalue weighted by atomic mass is 9.80. The molecule has 4 aromatic rings. The van der Waals surface area contributed by atoms with Gasteiger partial charge in [-0.05, 0) is 42.0 Å². The van der Waals surface area contributed by atoms with E-state index < -0.39 is 23.7 Å². The minimum Gasteiger partial charge on any atom is -0.310 e. The number of anilines is 2. The topological polar surface area (TPSA) is 101 Å². The molecule has 2 N–H and O–H groups in total. The zero-order chi connectivity index (χ0) is 25.3. The van der Waals surface area contributed by atoms with E-state index in [0.717, 1.165) is 4.47 Å². The van der Waals surface area contributed by atoms with Crippen molar-refractivity contribution < 1.29 is 14.4 Å². The number of carbonyl (C=O) groups is 3. The molecule has 0 bridgehead atoms. The number of hydrogen-bond acceptors (Lipinski definition) is 5. The van der Waals surface area contributed by atoms with E-state index in [1.165, 1.54) is 0 Å². The smallest absolute Gasteiger partial charge is 0.238 e. The molecule has 0 spiro atoms. The molecule has 1 unspecified atom stereocenters. The maximum Gasteiger partial charge on any atom is 0.238 e. The molecule has 0 aliphatic heterocycles. The van der Waals surface area contributed by atoms with E-state index in [1.807, 2.05) is 30.3 Å². The molecule has 7 nitrogen and oxygen atoms in total. The highest BCUT2D eigenvalue weighted by atomic mass is 79.9. The van der Waals surface area contributed by atoms with Crippen LogP contribution in [0.2, 0.25) is 0 Å². The molecule has 4 rings (SSSR count). The SMILES string of the molecule is O=C(CC(c1ccc(Br)cc1)C(C(=O)Nc1ccccn1)C(=O)Nc1ccccn1)c1ccccc1. The minimum atomic E-state index is -1.25. The van der Waals surface area contributed by atoms with Gasteiger partial charge in [-0.15, -0.1) is 0 Å². The number of rotatable bonds is 9. The Hall–Kier alpha value is -4.17. The van der Waals surface area contributed by atoms with Crippen LogP contribution in [0.3, 0.4) is 0 Å². The van der Waals surface area contributed by atoms with Crippen molar-refractivity contribution in [3.05, 3.63) is 119 Å². The van der Waals surface area contributed by atoms with E-state index in [1.54, 1.807) is 73.1 Å². The molecule has 36 heavy (non-hydrogen) atoms. The normalized spacial score (nSPS) is 11.5. The maximum atomic E-state index is 13.6. The fraction of sp³-hybridized carbons (Fsp3) is 0.107. The highest BCUT2D eigenvalue weighted by Crippen LogP contribution is 2.33. The monoisotopic (exact) mass is 542 g/mol. The van der Waals surface area contributed by atoms with Crippen molar-refractivity contribution in [2.75, 3.05) is 10.6 Å². The summed E-state index contributed by atoms with van der Waals surface area (Å²) in [5.74, 6) is -2.71. The summed E-state index contributed by atoms with van der Waals surface area (Å²) in [6.07, 6.45) is 3.04. The second-order valence-corrected chi connectivity index (χ2v) is 8.95. The van der Waals surface area contributed by atoms with Gasteiger partial charge < -0.3 is 10.6 Å². The molecular formula is C28H23BrN4O3. The highest BCUT2D eigenvalue weighted by Gasteiger charge is 2.38. The van der Waals surface area contributed by atoms with E-state index >= 15 is 0 Å². The molecule has 0 fully saturated rings. The molecule has 0 aliphatic rings. The summed E-state index contributed by atoms with van der Waals surface area (Å²) in [4.78, 5) is 48.7. The molecule has 0 saturated carbocycles. The van der Waals surface area contributed by atoms with Gasteiger partial charge in [-0.1, -0.05) is 70.5 Å². The van der Waals surface area contributed by atoms with Crippen molar-refractivity contribution in [1.29, 1.82) is 0 Å². The zero-order valence-electron chi connectivity index (χ0n) is 19.2. The summed E-state index contributed by atoms with van der Waals surface area (Å²) in [6, 6.07) is 26.3. The van der Waals surface area contributed by atoms with Crippen LogP contribution in [0.25, 0.3) is 0 Å². The summed E-state index contributed by atoms with van der Waals surface area (Å²) >= 11 is 3.42. The zero-order valence-corrected chi connectivity index (χ0v) is 20.8. The third kappa shape index (κ3) is 6.49. The lowest BCUT2D eigenvalue weighted by molar-refractivity contribution is -0.130. The average molecular weight is 543 g/mol. The number of nitrogens with one attached hydrogen (secondary N) is 2. The Morgan fingerprint density at radius 3 is 1.72 bits per heavy atom. The van der Waals surface area contributed by atoms with Crippen LogP contribution in [0.15, 0.2) is 108 Å². The Morgan fingerprint density at radius 1 is 0.694 bits per heavy atom. The summed E-state index contributed by atoms with van der Waals surface area (Å²) < 4.78 is 0.840. The lowest BCUT2D eigenvalue weighted by Gasteiger charge is -2.26. The van der Waals surface area contributed by atoms with Crippen LogP contribution >= 0.6 is 15.9 Å². The number of halogens is 1. The van der Waals surface area contributed by atoms with Crippen molar-refractivity contribution in [1.82, 2.24) is 9.97 Å². The van der Waals surface area contributed by atoms with Crippen LogP contribution in [-0.4, -0.2) is 27.6 Å². The molecule has 2 amide bonds. The first-order valence-corrected chi connectivity index (χ1v) is 12.1. The van der Waals surface area contributed by atoms with Gasteiger partial charge in [-0.25, -0.2) is 9.97 Å². The molecule has 180 valence electrons. The first-order valence-electron chi connectivity index (χ1n) is 11.3. The van der Waals surface area contributed by atoms with Gasteiger partial charge >= 0.3 is 0 Å². The van der Waals surface area contributed by atoms with Gasteiger partial charge in [0.2, 0.25) is 11.8 Å². The summed E-state index contributed by atoms with van der Waals surface area (Å²) in [5.41, 5.74) is 1.19. The number of amides is 2. The van der Waals surface area contributed by atoms with E-state index in [9.17, 15) is 14.4 Å². The van der Waals surface area contributed by atoms with Crippen molar-refractivity contribution in [2.24, 2.45) is 5.92 Å². The highest BCUT2D eigenvalue weighted by molar-refractivity contribution is 9.10. The van der Waals surface area contributed by atoms with Crippen LogP contribution in [0.1, 0.15) is 28.3 Å². The Balaban J connectivity index is 1.73. The number of hydrogen-bond donors (Lipinski definition) is 2. The van der Waals surface area contributed by atoms with Gasteiger partial charge in [-0.2, -0.15) is 0 Å². The fourth-order valence-corrected chi connectivity index (χ4v) is 4.11. The number of nitrogens with zero attached hydrogens (tertiary/aromatic N) is 2. The van der Waals surface area contributed by atoms with Gasteiger partial charge in [0.1, 0.15) is 17.6 Å². The van der Waals surface area contributed by atoms with Crippen LogP contribution in [0.4, 0.5) is 11.6 Å². The molecule has 0 radical (unpaired) electrons. The molecule has 0 aliphatic carbocycles. The van der Waals surface area contributed by atoms with Crippen LogP contribution < -0.4 is 10.6 Å². The van der Waals surface area contributed by atoms with Gasteiger partial charge in [0.05, 0.1) is 0 Å². The molecule has 2 heterocycles. The molecule has 1 atom stereocenters. The predicted molar refractivity (Wildman–Crippen MR) is 141 cm³/mol. The first-order chi connectivity index (χ1) is 17.5. The first kappa shape index (κ1) is 24.9. The van der Waals surface area contributed by atoms with Crippen LogP contribution in [0.5, 0.6) is 0 Å². The quantitative estimate of drug-likeness (QED) is 0.215. The largest absolute Gasteiger partial charge is 0.310 e. The van der Waals surface area contributed by atoms with Gasteiger partial charge in [0.15, 0.2) is 5.78 Å². The average Bonchev–Trinajstić information content (AvgIpc) is 2.90. The van der Waals surface area contributed by atoms with Crippen LogP contribution in [0, 0.1) is 5.92 Å². The predicted octanol–water partition coefficient (Wildman–Crippen LogP) is 5.49. The molecule has 0 saturated heterocycles. The van der Waals surface area contributed by atoms with Crippen molar-refractivity contribution >= 4 is 45.2 Å². The fourth-order valence-electron chi connectivity index (χ4n) is 3.85. The number of ketones is 1. The minimum absolute atomic E-state index is 0.0540. The van der Waals surface area contributed by atoms with Gasteiger partial charge in [0.25, 0.3) is 0 Å². The number of carbonyl (C=O) groups excluding carboxylic acids is 3. The van der Waals surface area contributed by atoms with E-state index in [2.05, 4.69) is 36.5 Å². The third-order valence-electron chi connectivity index (χ3n) is 5.60. The second kappa shape index (κ2) is 12.0. The second-order valence-electron chi connectivity index (χ2n) is 8.04. The van der Waals surface area contributed by atoms with E-state index in [0.29, 0.717) is 22.8 Å². The number of aromatic nitrogens is 2. The molecule has 8 heteroatoms. The van der Waals surface area contributed by atoms with Crippen molar-refractivity contribution in [3.63, 3.8) is 0 Å². The summed E-state index contributed by atoms with van der Waals surface area (Å²) in [7, 11) is 0. The lowest BCUT2D eigenvalue weighted by Crippen LogP contribution is -2.39. The molecule has 2 aromatic carbocycles.